The molecule has 0 bridgehead atoms. The fraction of sp³-hybridized carbons (Fsp3) is 0.231. The Hall–Kier alpha value is -8.16. The van der Waals surface area contributed by atoms with Gasteiger partial charge >= 0.3 is 0 Å². The molecule has 0 amide bonds. The van der Waals surface area contributed by atoms with Crippen LogP contribution in [-0.2, 0) is 41.8 Å². The first kappa shape index (κ1) is 56.9. The molecule has 0 fully saturated rings. The molecule has 2 aliphatic rings. The second-order valence-corrected chi connectivity index (χ2v) is 28.1. The molecule has 1 radical (unpaired) electrons. The zero-order valence-electron chi connectivity index (χ0n) is 51.8. The Morgan fingerprint density at radius 2 is 1.16 bits per heavy atom. The van der Waals surface area contributed by atoms with Gasteiger partial charge in [-0.1, -0.05) is 161 Å². The summed E-state index contributed by atoms with van der Waals surface area (Å²) in [5.74, 6) is -0.275. The molecule has 8 heteroatoms. The molecule has 15 rings (SSSR count). The van der Waals surface area contributed by atoms with Gasteiger partial charge in [-0.25, -0.2) is 0 Å². The van der Waals surface area contributed by atoms with E-state index >= 15 is 0 Å². The molecule has 0 spiro atoms. The number of imidazole rings is 1. The van der Waals surface area contributed by atoms with E-state index in [2.05, 4.69) is 254 Å². The van der Waals surface area contributed by atoms with Gasteiger partial charge in [0.25, 0.3) is 6.71 Å². The Bertz CT molecular complexity index is 4910. The van der Waals surface area contributed by atoms with E-state index in [4.69, 9.17) is 4.98 Å². The van der Waals surface area contributed by atoms with Crippen LogP contribution in [0.1, 0.15) is 116 Å². The first-order valence-electron chi connectivity index (χ1n) is 30.0. The normalized spacial score (nSPS) is 13.2. The van der Waals surface area contributed by atoms with Crippen LogP contribution < -0.4 is 21.3 Å². The van der Waals surface area contributed by atoms with E-state index in [1.807, 2.05) is 32.2 Å². The van der Waals surface area contributed by atoms with Crippen LogP contribution in [0.5, 0.6) is 0 Å². The summed E-state index contributed by atoms with van der Waals surface area (Å²) in [5.41, 5.74) is 27.2. The average molecular weight is 1300 g/mol. The first-order valence-corrected chi connectivity index (χ1v) is 30.0. The Kier molecular flexibility index (Phi) is 13.4. The van der Waals surface area contributed by atoms with Crippen LogP contribution in [0.4, 0.5) is 21.5 Å². The molecule has 13 aromatic rings. The molecule has 0 atom stereocenters. The summed E-state index contributed by atoms with van der Waals surface area (Å²) in [5, 5.41) is 6.05. The van der Waals surface area contributed by atoms with Gasteiger partial charge in [-0.2, -0.15) is 0 Å². The standard InChI is InChI=1S/C65H60BN4.C13H11FN.Ir/c1-62(2,3)40-22-26-44(27-23-40)68-55-30-25-42(64(7,8)9)36-50(55)66-51-37-43(65(10,11)12)35-49-48-34-41(63(4,5)6)24-29-54(48)69(60(49)51)58-33-39(32-57(68)59(58)66)38-21-28-52-56(31-38)70-53-20-16-15-18-46(53)45-17-13-14-19-47(45)61(70)67-52;1-9-7-13(15-8-10(9)2)11-3-5-12(14)6-4-11;/h13-18,20-37H,1-12H3;3,5-8H,1-2H3;/q2*-1;. The summed E-state index contributed by atoms with van der Waals surface area (Å²) in [6, 6.07) is 68.8. The van der Waals surface area contributed by atoms with Crippen molar-refractivity contribution in [1.82, 2.24) is 18.9 Å². The SMILES string of the molecule is CC(C)(C)c1ccc(N2c3ccc(C(C)(C)C)cc3B3c4c2cc(-c2ccc5nc6c7[c-]cccc7c7ccccc7n6c5c2)cc4-n2c4ccc(C(C)(C)C)cc4c4cc(C(C)(C)C)cc3c42)cc1.Cc1cnc(-c2[c-]cc(F)cc2)cc1C.[Ir]. The number of rotatable bonds is 3. The van der Waals surface area contributed by atoms with Gasteiger partial charge in [-0.15, -0.1) is 59.5 Å². The predicted octanol–water partition coefficient (Wildman–Crippen LogP) is 18.5. The molecule has 0 saturated heterocycles. The van der Waals surface area contributed by atoms with E-state index in [1.165, 1.54) is 112 Å². The summed E-state index contributed by atoms with van der Waals surface area (Å²) in [4.78, 5) is 12.2. The van der Waals surface area contributed by atoms with Crippen molar-refractivity contribution in [2.24, 2.45) is 0 Å². The number of hydrogen-bond acceptors (Lipinski definition) is 3. The third-order valence-electron chi connectivity index (χ3n) is 18.2. The van der Waals surface area contributed by atoms with Gasteiger partial charge in [-0.05, 0) is 169 Å². The first-order chi connectivity index (χ1) is 40.4. The molecule has 86 heavy (non-hydrogen) atoms. The molecule has 0 unspecified atom stereocenters. The van der Waals surface area contributed by atoms with Crippen molar-refractivity contribution < 1.29 is 24.5 Å². The molecule has 0 N–H and O–H groups in total. The smallest absolute Gasteiger partial charge is 0.252 e. The van der Waals surface area contributed by atoms with E-state index in [0.29, 0.717) is 0 Å². The van der Waals surface area contributed by atoms with E-state index in [1.54, 1.807) is 6.07 Å². The van der Waals surface area contributed by atoms with E-state index in [0.717, 1.165) is 55.7 Å². The summed E-state index contributed by atoms with van der Waals surface area (Å²) < 4.78 is 17.7. The molecule has 6 heterocycles. The Morgan fingerprint density at radius 3 is 1.87 bits per heavy atom. The van der Waals surface area contributed by atoms with Crippen LogP contribution in [0.2, 0.25) is 0 Å². The zero-order valence-corrected chi connectivity index (χ0v) is 54.2. The van der Waals surface area contributed by atoms with Gasteiger partial charge in [0.1, 0.15) is 0 Å². The van der Waals surface area contributed by atoms with Crippen molar-refractivity contribution in [2.45, 2.75) is 119 Å². The summed E-state index contributed by atoms with van der Waals surface area (Å²) in [6.07, 6.45) is 1.82. The molecule has 0 saturated carbocycles. The van der Waals surface area contributed by atoms with E-state index < -0.39 is 0 Å². The number of fused-ring (bicyclic) bond motifs is 15. The quantitative estimate of drug-likeness (QED) is 0.101. The van der Waals surface area contributed by atoms with Crippen molar-refractivity contribution >= 4 is 100 Å². The number of aromatic nitrogens is 4. The van der Waals surface area contributed by atoms with Crippen molar-refractivity contribution in [3.8, 4) is 28.1 Å². The molecular formula is C78H71BFIrN5-2. The fourth-order valence-electron chi connectivity index (χ4n) is 13.2. The topological polar surface area (TPSA) is 38.4 Å². The second kappa shape index (κ2) is 20.2. The number of para-hydroxylation sites is 1. The van der Waals surface area contributed by atoms with E-state index in [9.17, 15) is 4.39 Å². The van der Waals surface area contributed by atoms with Crippen LogP contribution in [0.3, 0.4) is 0 Å². The maximum Gasteiger partial charge on any atom is 0.252 e. The molecule has 9 aromatic carbocycles. The number of aryl methyl sites for hydroxylation is 2. The van der Waals surface area contributed by atoms with Crippen LogP contribution in [0.15, 0.2) is 176 Å². The largest absolute Gasteiger partial charge is 0.333 e. The zero-order chi connectivity index (χ0) is 59.4. The molecular weight excluding hydrogens is 1230 g/mol. The van der Waals surface area contributed by atoms with E-state index in [-0.39, 0.29) is 54.3 Å². The second-order valence-electron chi connectivity index (χ2n) is 28.1. The number of hydrogen-bond donors (Lipinski definition) is 0. The van der Waals surface area contributed by atoms with Gasteiger partial charge in [-0.3, -0.25) is 9.37 Å². The number of nitrogens with zero attached hydrogens (tertiary/aromatic N) is 5. The van der Waals surface area contributed by atoms with Crippen LogP contribution in [-0.4, -0.2) is 25.6 Å². The number of halogens is 1. The number of pyridine rings is 2. The summed E-state index contributed by atoms with van der Waals surface area (Å²) in [7, 11) is 0. The Labute approximate surface area is 519 Å². The average Bonchev–Trinajstić information content (AvgIpc) is 1.33. The van der Waals surface area contributed by atoms with Crippen molar-refractivity contribution in [3.05, 3.63) is 227 Å². The maximum absolute atomic E-state index is 12.7. The molecule has 4 aromatic heterocycles. The van der Waals surface area contributed by atoms with Crippen LogP contribution in [0.25, 0.3) is 88.2 Å². The minimum Gasteiger partial charge on any atom is -0.333 e. The number of anilines is 3. The molecule has 5 nitrogen and oxygen atoms in total. The maximum atomic E-state index is 12.7. The summed E-state index contributed by atoms with van der Waals surface area (Å²) in [6.45, 7) is 32.1. The predicted molar refractivity (Wildman–Crippen MR) is 358 cm³/mol. The third-order valence-corrected chi connectivity index (χ3v) is 18.2. The van der Waals surface area contributed by atoms with Gasteiger partial charge in [0, 0.05) is 76.7 Å². The Morgan fingerprint density at radius 1 is 0.500 bits per heavy atom. The van der Waals surface area contributed by atoms with Crippen molar-refractivity contribution in [2.75, 3.05) is 4.90 Å². The minimum atomic E-state index is -0.275. The van der Waals surface area contributed by atoms with Crippen LogP contribution in [0, 0.1) is 31.8 Å². The fourth-order valence-corrected chi connectivity index (χ4v) is 13.2. The molecule has 429 valence electrons. The van der Waals surface area contributed by atoms with Crippen molar-refractivity contribution in [3.63, 3.8) is 0 Å². The van der Waals surface area contributed by atoms with Gasteiger partial charge in [0.15, 0.2) is 0 Å². The molecule has 0 aliphatic carbocycles. The van der Waals surface area contributed by atoms with Gasteiger partial charge < -0.3 is 18.9 Å². The molecule has 2 aliphatic heterocycles. The van der Waals surface area contributed by atoms with Gasteiger partial charge in [0.05, 0.1) is 22.2 Å². The van der Waals surface area contributed by atoms with Gasteiger partial charge in [0.2, 0.25) is 0 Å². The monoisotopic (exact) mass is 1300 g/mol. The van der Waals surface area contributed by atoms with Crippen LogP contribution >= 0.6 is 0 Å². The Balaban J connectivity index is 0.000000375. The minimum absolute atomic E-state index is 0. The summed E-state index contributed by atoms with van der Waals surface area (Å²) >= 11 is 0. The van der Waals surface area contributed by atoms with Crippen molar-refractivity contribution in [1.29, 1.82) is 0 Å². The number of benzene rings is 9. The third kappa shape index (κ3) is 9.29.